The molecular formula is C23H27N7O2. The van der Waals surface area contributed by atoms with Crippen LogP contribution in [0.15, 0.2) is 30.5 Å². The van der Waals surface area contributed by atoms with Crippen molar-refractivity contribution in [2.75, 3.05) is 43.4 Å². The standard InChI is InChI=1S/C23H27N7O2/c1-28-10-12-30(13-11-28)17-8-6-16(7-9-17)25-23-24-14-15-4-3-5-18-20(22(31)32)27-29(2)21(18)19(15)26-23/h6-9,14H,3-5,10-13H2,1-2H3,(H,31,32)(H,24,25,26). The van der Waals surface area contributed by atoms with Gasteiger partial charge in [-0.1, -0.05) is 0 Å². The molecule has 0 bridgehead atoms. The van der Waals surface area contributed by atoms with E-state index in [9.17, 15) is 9.90 Å². The molecule has 166 valence electrons. The molecule has 0 atom stereocenters. The van der Waals surface area contributed by atoms with Crippen molar-refractivity contribution in [3.63, 3.8) is 0 Å². The molecule has 0 amide bonds. The molecule has 1 saturated heterocycles. The SMILES string of the molecule is CN1CCN(c2ccc(Nc3ncc4c(n3)-c3c(c(C(=O)O)nn3C)CCC4)cc2)CC1. The molecule has 0 saturated carbocycles. The van der Waals surface area contributed by atoms with Crippen LogP contribution in [0.3, 0.4) is 0 Å². The van der Waals surface area contributed by atoms with Crippen molar-refractivity contribution in [1.29, 1.82) is 0 Å². The lowest BCUT2D eigenvalue weighted by atomic mass is 10.1. The number of hydrogen-bond acceptors (Lipinski definition) is 7. The number of carboxylic acid groups (broad SMARTS) is 1. The van der Waals surface area contributed by atoms with Crippen molar-refractivity contribution in [3.05, 3.63) is 47.3 Å². The van der Waals surface area contributed by atoms with Crippen LogP contribution in [0.2, 0.25) is 0 Å². The van der Waals surface area contributed by atoms with E-state index < -0.39 is 5.97 Å². The van der Waals surface area contributed by atoms with Crippen molar-refractivity contribution in [3.8, 4) is 11.4 Å². The Balaban J connectivity index is 1.41. The molecule has 5 rings (SSSR count). The average Bonchev–Trinajstić information content (AvgIpc) is 3.00. The largest absolute Gasteiger partial charge is 0.476 e. The predicted octanol–water partition coefficient (Wildman–Crippen LogP) is 2.56. The van der Waals surface area contributed by atoms with Gasteiger partial charge in [0.2, 0.25) is 5.95 Å². The van der Waals surface area contributed by atoms with Crippen LogP contribution in [0.1, 0.15) is 28.0 Å². The maximum atomic E-state index is 11.6. The summed E-state index contributed by atoms with van der Waals surface area (Å²) in [7, 11) is 3.93. The van der Waals surface area contributed by atoms with E-state index in [4.69, 9.17) is 4.98 Å². The van der Waals surface area contributed by atoms with Crippen LogP contribution >= 0.6 is 0 Å². The van der Waals surface area contributed by atoms with Crippen molar-refractivity contribution in [1.82, 2.24) is 24.6 Å². The van der Waals surface area contributed by atoms with E-state index in [2.05, 4.69) is 44.4 Å². The van der Waals surface area contributed by atoms with Crippen LogP contribution in [0, 0.1) is 0 Å². The predicted molar refractivity (Wildman–Crippen MR) is 123 cm³/mol. The highest BCUT2D eigenvalue weighted by atomic mass is 16.4. The minimum absolute atomic E-state index is 0.114. The second-order valence-corrected chi connectivity index (χ2v) is 8.49. The number of piperazine rings is 1. The molecule has 0 radical (unpaired) electrons. The third-order valence-corrected chi connectivity index (χ3v) is 6.30. The fraction of sp³-hybridized carbons (Fsp3) is 0.391. The normalized spacial score (nSPS) is 16.2. The summed E-state index contributed by atoms with van der Waals surface area (Å²) >= 11 is 0. The van der Waals surface area contributed by atoms with Crippen molar-refractivity contribution < 1.29 is 9.90 Å². The van der Waals surface area contributed by atoms with Crippen molar-refractivity contribution >= 4 is 23.3 Å². The van der Waals surface area contributed by atoms with Gasteiger partial charge in [-0.25, -0.2) is 14.8 Å². The van der Waals surface area contributed by atoms with E-state index >= 15 is 0 Å². The first-order chi connectivity index (χ1) is 15.5. The number of aromatic nitrogens is 4. The van der Waals surface area contributed by atoms with Gasteiger partial charge >= 0.3 is 5.97 Å². The molecule has 9 heteroatoms. The number of likely N-dealkylation sites (N-methyl/N-ethyl adjacent to an activating group) is 1. The number of rotatable bonds is 4. The molecule has 1 aromatic carbocycles. The van der Waals surface area contributed by atoms with Gasteiger partial charge in [0.1, 0.15) is 0 Å². The molecule has 2 N–H and O–H groups in total. The van der Waals surface area contributed by atoms with E-state index in [0.29, 0.717) is 12.4 Å². The molecular weight excluding hydrogens is 406 g/mol. The Kier molecular flexibility index (Phi) is 5.26. The Bertz CT molecular complexity index is 1150. The molecule has 2 aliphatic rings. The molecule has 0 spiro atoms. The number of anilines is 3. The first-order valence-electron chi connectivity index (χ1n) is 11.0. The zero-order valence-electron chi connectivity index (χ0n) is 18.4. The first kappa shape index (κ1) is 20.4. The van der Waals surface area contributed by atoms with E-state index in [1.807, 2.05) is 18.3 Å². The lowest BCUT2D eigenvalue weighted by Crippen LogP contribution is -2.44. The van der Waals surface area contributed by atoms with Gasteiger partial charge in [0.15, 0.2) is 5.69 Å². The van der Waals surface area contributed by atoms with Gasteiger partial charge in [-0.15, -0.1) is 0 Å². The number of nitrogens with one attached hydrogen (secondary N) is 1. The minimum Gasteiger partial charge on any atom is -0.476 e. The smallest absolute Gasteiger partial charge is 0.356 e. The summed E-state index contributed by atoms with van der Waals surface area (Å²) in [6, 6.07) is 8.33. The summed E-state index contributed by atoms with van der Waals surface area (Å²) in [5.41, 5.74) is 5.53. The number of nitrogens with zero attached hydrogens (tertiary/aromatic N) is 6. The van der Waals surface area contributed by atoms with E-state index in [0.717, 1.165) is 67.2 Å². The minimum atomic E-state index is -1.00. The van der Waals surface area contributed by atoms with Gasteiger partial charge in [0, 0.05) is 56.4 Å². The second kappa shape index (κ2) is 8.23. The third kappa shape index (κ3) is 3.80. The number of carbonyl (C=O) groups is 1. The number of carboxylic acids is 1. The molecule has 1 aliphatic heterocycles. The maximum absolute atomic E-state index is 11.6. The molecule has 3 heterocycles. The molecule has 1 fully saturated rings. The molecule has 0 unspecified atom stereocenters. The molecule has 2 aromatic heterocycles. The zero-order valence-corrected chi connectivity index (χ0v) is 18.4. The van der Waals surface area contributed by atoms with Crippen LogP contribution < -0.4 is 10.2 Å². The van der Waals surface area contributed by atoms with Crippen LogP contribution in [0.25, 0.3) is 11.4 Å². The average molecular weight is 434 g/mol. The highest BCUT2D eigenvalue weighted by Crippen LogP contribution is 2.33. The maximum Gasteiger partial charge on any atom is 0.356 e. The van der Waals surface area contributed by atoms with E-state index in [1.165, 1.54) is 5.69 Å². The fourth-order valence-electron chi connectivity index (χ4n) is 4.53. The fourth-order valence-corrected chi connectivity index (χ4v) is 4.53. The number of fused-ring (bicyclic) bond motifs is 3. The van der Waals surface area contributed by atoms with Crippen LogP contribution in [0.5, 0.6) is 0 Å². The van der Waals surface area contributed by atoms with E-state index in [-0.39, 0.29) is 5.69 Å². The van der Waals surface area contributed by atoms with Gasteiger partial charge < -0.3 is 20.2 Å². The Morgan fingerprint density at radius 1 is 1.06 bits per heavy atom. The summed E-state index contributed by atoms with van der Waals surface area (Å²) in [4.78, 5) is 25.7. The van der Waals surface area contributed by atoms with Crippen molar-refractivity contribution in [2.45, 2.75) is 19.3 Å². The number of aromatic carboxylic acids is 1. The monoisotopic (exact) mass is 433 g/mol. The van der Waals surface area contributed by atoms with Crippen LogP contribution in [0.4, 0.5) is 17.3 Å². The van der Waals surface area contributed by atoms with Gasteiger partial charge in [-0.2, -0.15) is 5.10 Å². The Morgan fingerprint density at radius 3 is 2.53 bits per heavy atom. The Labute approximate surface area is 186 Å². The zero-order chi connectivity index (χ0) is 22.2. The molecule has 9 nitrogen and oxygen atoms in total. The summed E-state index contributed by atoms with van der Waals surface area (Å²) < 4.78 is 1.63. The summed E-state index contributed by atoms with van der Waals surface area (Å²) in [5, 5.41) is 17.1. The van der Waals surface area contributed by atoms with Gasteiger partial charge in [0.25, 0.3) is 0 Å². The van der Waals surface area contributed by atoms with Crippen LogP contribution in [-0.4, -0.2) is 69.0 Å². The Hall–Kier alpha value is -3.46. The summed E-state index contributed by atoms with van der Waals surface area (Å²) in [6.07, 6.45) is 4.16. The molecule has 3 aromatic rings. The number of aryl methyl sites for hydroxylation is 2. The highest BCUT2D eigenvalue weighted by molar-refractivity contribution is 5.90. The Morgan fingerprint density at radius 2 is 1.81 bits per heavy atom. The lowest BCUT2D eigenvalue weighted by molar-refractivity contribution is 0.0688. The van der Waals surface area contributed by atoms with E-state index in [1.54, 1.807) is 11.7 Å². The topological polar surface area (TPSA) is 99.4 Å². The lowest BCUT2D eigenvalue weighted by Gasteiger charge is -2.34. The summed E-state index contributed by atoms with van der Waals surface area (Å²) in [6.45, 7) is 4.20. The molecule has 1 aliphatic carbocycles. The van der Waals surface area contributed by atoms with Gasteiger partial charge in [0.05, 0.1) is 11.4 Å². The first-order valence-corrected chi connectivity index (χ1v) is 11.0. The van der Waals surface area contributed by atoms with Gasteiger partial charge in [-0.3, -0.25) is 4.68 Å². The van der Waals surface area contributed by atoms with Crippen molar-refractivity contribution in [2.24, 2.45) is 7.05 Å². The number of benzene rings is 1. The quantitative estimate of drug-likeness (QED) is 0.648. The summed E-state index contributed by atoms with van der Waals surface area (Å²) in [5.74, 6) is -0.514. The second-order valence-electron chi connectivity index (χ2n) is 8.49. The van der Waals surface area contributed by atoms with Crippen LogP contribution in [-0.2, 0) is 19.9 Å². The third-order valence-electron chi connectivity index (χ3n) is 6.30. The highest BCUT2D eigenvalue weighted by Gasteiger charge is 2.27. The van der Waals surface area contributed by atoms with Gasteiger partial charge in [-0.05, 0) is 56.1 Å². The number of hydrogen-bond donors (Lipinski definition) is 2. The molecule has 32 heavy (non-hydrogen) atoms.